The molecule has 0 aliphatic rings. The molecular formula is C14H19FN2. The van der Waals surface area contributed by atoms with Gasteiger partial charge in [0.05, 0.1) is 11.6 Å². The quantitative estimate of drug-likeness (QED) is 0.799. The van der Waals surface area contributed by atoms with Gasteiger partial charge in [-0.25, -0.2) is 4.39 Å². The average molecular weight is 234 g/mol. The summed E-state index contributed by atoms with van der Waals surface area (Å²) in [4.78, 5) is 2.17. The summed E-state index contributed by atoms with van der Waals surface area (Å²) in [6, 6.07) is 6.46. The van der Waals surface area contributed by atoms with Crippen molar-refractivity contribution >= 4 is 0 Å². The zero-order chi connectivity index (χ0) is 13.1. The molecule has 1 aromatic rings. The predicted molar refractivity (Wildman–Crippen MR) is 67.0 cm³/mol. The third kappa shape index (κ3) is 3.54. The van der Waals surface area contributed by atoms with E-state index in [2.05, 4.69) is 25.7 Å². The highest BCUT2D eigenvalue weighted by Gasteiger charge is 2.21. The summed E-state index contributed by atoms with van der Waals surface area (Å²) >= 11 is 0. The third-order valence-electron chi connectivity index (χ3n) is 3.40. The fourth-order valence-corrected chi connectivity index (χ4v) is 1.56. The monoisotopic (exact) mass is 234 g/mol. The van der Waals surface area contributed by atoms with Gasteiger partial charge in [-0.3, -0.25) is 4.90 Å². The number of nitriles is 1. The fraction of sp³-hybridized carbons (Fsp3) is 0.500. The number of hydrogen-bond acceptors (Lipinski definition) is 2. The maximum absolute atomic E-state index is 13.3. The Balaban J connectivity index is 2.89. The number of rotatable bonds is 4. The lowest BCUT2D eigenvalue weighted by atomic mass is 9.99. The molecule has 0 bridgehead atoms. The van der Waals surface area contributed by atoms with E-state index >= 15 is 0 Å². The lowest BCUT2D eigenvalue weighted by molar-refractivity contribution is 0.143. The molecule has 0 radical (unpaired) electrons. The Labute approximate surface area is 103 Å². The summed E-state index contributed by atoms with van der Waals surface area (Å²) in [6.07, 6.45) is 1.02. The summed E-state index contributed by atoms with van der Waals surface area (Å²) in [5.41, 5.74) is 1.28. The SMILES string of the molecule is CCC(C)(C)N(C)Cc1cc(F)cc(C#N)c1. The summed E-state index contributed by atoms with van der Waals surface area (Å²) in [7, 11) is 2.01. The minimum Gasteiger partial charge on any atom is -0.297 e. The number of hydrogen-bond donors (Lipinski definition) is 0. The maximum Gasteiger partial charge on any atom is 0.124 e. The molecule has 1 aromatic carbocycles. The van der Waals surface area contributed by atoms with Gasteiger partial charge in [-0.2, -0.15) is 5.26 Å². The second-order valence-electron chi connectivity index (χ2n) is 4.98. The van der Waals surface area contributed by atoms with E-state index in [0.717, 1.165) is 12.0 Å². The van der Waals surface area contributed by atoms with Crippen molar-refractivity contribution in [2.45, 2.75) is 39.3 Å². The van der Waals surface area contributed by atoms with Gasteiger partial charge in [0.15, 0.2) is 0 Å². The van der Waals surface area contributed by atoms with Crippen LogP contribution in [-0.4, -0.2) is 17.5 Å². The van der Waals surface area contributed by atoms with E-state index in [4.69, 9.17) is 5.26 Å². The van der Waals surface area contributed by atoms with Crippen LogP contribution in [-0.2, 0) is 6.54 Å². The summed E-state index contributed by atoms with van der Waals surface area (Å²) < 4.78 is 13.3. The van der Waals surface area contributed by atoms with Crippen molar-refractivity contribution in [3.05, 3.63) is 35.1 Å². The molecule has 17 heavy (non-hydrogen) atoms. The summed E-state index contributed by atoms with van der Waals surface area (Å²) in [6.45, 7) is 7.07. The van der Waals surface area contributed by atoms with Gasteiger partial charge < -0.3 is 0 Å². The molecule has 1 rings (SSSR count). The highest BCUT2D eigenvalue weighted by Crippen LogP contribution is 2.20. The van der Waals surface area contributed by atoms with Gasteiger partial charge in [0.25, 0.3) is 0 Å². The van der Waals surface area contributed by atoms with E-state index in [1.165, 1.54) is 12.1 Å². The van der Waals surface area contributed by atoms with Crippen molar-refractivity contribution in [3.8, 4) is 6.07 Å². The van der Waals surface area contributed by atoms with Crippen LogP contribution in [0, 0.1) is 17.1 Å². The van der Waals surface area contributed by atoms with E-state index in [9.17, 15) is 4.39 Å². The van der Waals surface area contributed by atoms with Crippen LogP contribution in [0.4, 0.5) is 4.39 Å². The predicted octanol–water partition coefficient (Wildman–Crippen LogP) is 3.32. The highest BCUT2D eigenvalue weighted by molar-refractivity contribution is 5.33. The Morgan fingerprint density at radius 3 is 2.53 bits per heavy atom. The van der Waals surface area contributed by atoms with Crippen molar-refractivity contribution < 1.29 is 4.39 Å². The fourth-order valence-electron chi connectivity index (χ4n) is 1.56. The molecule has 0 amide bonds. The van der Waals surface area contributed by atoms with Gasteiger partial charge in [-0.15, -0.1) is 0 Å². The molecule has 0 heterocycles. The molecule has 3 heteroatoms. The van der Waals surface area contributed by atoms with E-state index in [-0.39, 0.29) is 11.4 Å². The van der Waals surface area contributed by atoms with Gasteiger partial charge in [0, 0.05) is 12.1 Å². The second-order valence-corrected chi connectivity index (χ2v) is 4.98. The van der Waals surface area contributed by atoms with Crippen molar-refractivity contribution in [1.29, 1.82) is 5.26 Å². The van der Waals surface area contributed by atoms with Crippen LogP contribution in [0.2, 0.25) is 0 Å². The largest absolute Gasteiger partial charge is 0.297 e. The topological polar surface area (TPSA) is 27.0 Å². The Morgan fingerprint density at radius 2 is 2.00 bits per heavy atom. The molecule has 92 valence electrons. The lowest BCUT2D eigenvalue weighted by Gasteiger charge is -2.34. The van der Waals surface area contributed by atoms with Crippen molar-refractivity contribution in [3.63, 3.8) is 0 Å². The zero-order valence-corrected chi connectivity index (χ0v) is 10.9. The van der Waals surface area contributed by atoms with Crippen LogP contribution < -0.4 is 0 Å². The van der Waals surface area contributed by atoms with Gasteiger partial charge in [0.2, 0.25) is 0 Å². The van der Waals surface area contributed by atoms with Gasteiger partial charge >= 0.3 is 0 Å². The normalized spacial score (nSPS) is 11.6. The molecule has 0 saturated carbocycles. The molecule has 0 aliphatic heterocycles. The van der Waals surface area contributed by atoms with Crippen LogP contribution in [0.25, 0.3) is 0 Å². The first-order valence-corrected chi connectivity index (χ1v) is 5.80. The van der Waals surface area contributed by atoms with Gasteiger partial charge in [-0.1, -0.05) is 6.92 Å². The van der Waals surface area contributed by atoms with Crippen LogP contribution in [0.15, 0.2) is 18.2 Å². The van der Waals surface area contributed by atoms with Crippen molar-refractivity contribution in [1.82, 2.24) is 4.90 Å². The number of benzene rings is 1. The maximum atomic E-state index is 13.3. The minimum absolute atomic E-state index is 0.0686. The average Bonchev–Trinajstić information content (AvgIpc) is 2.28. The van der Waals surface area contributed by atoms with E-state index < -0.39 is 0 Å². The van der Waals surface area contributed by atoms with Crippen LogP contribution in [0.5, 0.6) is 0 Å². The number of halogens is 1. The second kappa shape index (κ2) is 5.29. The standard InChI is InChI=1S/C14H19FN2/c1-5-14(2,3)17(4)10-12-6-11(9-16)7-13(15)8-12/h6-8H,5,10H2,1-4H3. The summed E-state index contributed by atoms with van der Waals surface area (Å²) in [5.74, 6) is -0.346. The molecule has 0 N–H and O–H groups in total. The van der Waals surface area contributed by atoms with Crippen molar-refractivity contribution in [2.75, 3.05) is 7.05 Å². The summed E-state index contributed by atoms with van der Waals surface area (Å²) in [5, 5.41) is 8.80. The molecule has 0 fully saturated rings. The smallest absolute Gasteiger partial charge is 0.124 e. The molecule has 0 saturated heterocycles. The Hall–Kier alpha value is -1.40. The lowest BCUT2D eigenvalue weighted by Crippen LogP contribution is -2.39. The third-order valence-corrected chi connectivity index (χ3v) is 3.40. The first-order valence-electron chi connectivity index (χ1n) is 5.80. The van der Waals surface area contributed by atoms with E-state index in [1.54, 1.807) is 6.07 Å². The molecule has 0 atom stereocenters. The molecule has 0 spiro atoms. The molecule has 2 nitrogen and oxygen atoms in total. The van der Waals surface area contributed by atoms with Crippen LogP contribution in [0.3, 0.4) is 0 Å². The molecule has 0 unspecified atom stereocenters. The molecule has 0 aromatic heterocycles. The zero-order valence-electron chi connectivity index (χ0n) is 10.9. The Morgan fingerprint density at radius 1 is 1.35 bits per heavy atom. The number of nitrogens with zero attached hydrogens (tertiary/aromatic N) is 2. The van der Waals surface area contributed by atoms with Crippen LogP contribution >= 0.6 is 0 Å². The molecular weight excluding hydrogens is 215 g/mol. The molecule has 0 aliphatic carbocycles. The minimum atomic E-state index is -0.346. The van der Waals surface area contributed by atoms with Crippen molar-refractivity contribution in [2.24, 2.45) is 0 Å². The van der Waals surface area contributed by atoms with Crippen LogP contribution in [0.1, 0.15) is 38.3 Å². The van der Waals surface area contributed by atoms with Gasteiger partial charge in [0.1, 0.15) is 5.82 Å². The van der Waals surface area contributed by atoms with E-state index in [0.29, 0.717) is 12.1 Å². The first kappa shape index (κ1) is 13.7. The highest BCUT2D eigenvalue weighted by atomic mass is 19.1. The first-order chi connectivity index (χ1) is 7.89. The van der Waals surface area contributed by atoms with Gasteiger partial charge in [-0.05, 0) is 51.1 Å². The Kier molecular flexibility index (Phi) is 4.25. The Bertz CT molecular complexity index is 432. The van der Waals surface area contributed by atoms with E-state index in [1.807, 2.05) is 13.1 Å².